The van der Waals surface area contributed by atoms with Crippen molar-refractivity contribution in [2.24, 2.45) is 0 Å². The van der Waals surface area contributed by atoms with Gasteiger partial charge in [0.25, 0.3) is 11.6 Å². The molecule has 0 spiro atoms. The Balaban J connectivity index is 1.92. The van der Waals surface area contributed by atoms with Crippen LogP contribution in [0.2, 0.25) is 0 Å². The molecule has 158 valence electrons. The van der Waals surface area contributed by atoms with Crippen LogP contribution in [0.3, 0.4) is 0 Å². The third-order valence-corrected chi connectivity index (χ3v) is 5.53. The standard InChI is InChI=1S/C23H20IN3O4/c1-14-12-17(15(2)26(14)20-8-4-18(24)5-9-20)13-22(16(3)28)23(29)25-19-6-10-21(11-7-19)27(30)31/h4-13H,1-3H3,(H,25,29). The second-order valence-electron chi connectivity index (χ2n) is 7.01. The minimum Gasteiger partial charge on any atom is -0.322 e. The lowest BCUT2D eigenvalue weighted by molar-refractivity contribution is -0.384. The monoisotopic (exact) mass is 529 g/mol. The lowest BCUT2D eigenvalue weighted by Crippen LogP contribution is -2.19. The molecule has 0 unspecified atom stereocenters. The summed E-state index contributed by atoms with van der Waals surface area (Å²) >= 11 is 2.25. The first kappa shape index (κ1) is 22.4. The first-order valence-corrected chi connectivity index (χ1v) is 10.5. The molecule has 31 heavy (non-hydrogen) atoms. The molecule has 2 aromatic carbocycles. The number of amides is 1. The van der Waals surface area contributed by atoms with Crippen molar-refractivity contribution in [1.29, 1.82) is 0 Å². The van der Waals surface area contributed by atoms with Gasteiger partial charge in [-0.2, -0.15) is 0 Å². The van der Waals surface area contributed by atoms with E-state index in [1.54, 1.807) is 6.08 Å². The Labute approximate surface area is 193 Å². The number of anilines is 1. The van der Waals surface area contributed by atoms with Gasteiger partial charge >= 0.3 is 0 Å². The maximum atomic E-state index is 12.7. The first-order chi connectivity index (χ1) is 14.7. The summed E-state index contributed by atoms with van der Waals surface area (Å²) in [5.74, 6) is -0.945. The van der Waals surface area contributed by atoms with Crippen LogP contribution >= 0.6 is 22.6 Å². The summed E-state index contributed by atoms with van der Waals surface area (Å²) in [6.45, 7) is 5.23. The van der Waals surface area contributed by atoms with Crippen molar-refractivity contribution < 1.29 is 14.5 Å². The summed E-state index contributed by atoms with van der Waals surface area (Å²) in [4.78, 5) is 35.2. The zero-order valence-corrected chi connectivity index (χ0v) is 19.3. The fourth-order valence-electron chi connectivity index (χ4n) is 3.27. The molecule has 1 heterocycles. The molecule has 0 aliphatic carbocycles. The van der Waals surface area contributed by atoms with Gasteiger partial charge in [-0.3, -0.25) is 19.7 Å². The maximum Gasteiger partial charge on any atom is 0.269 e. The van der Waals surface area contributed by atoms with Gasteiger partial charge in [-0.15, -0.1) is 0 Å². The second kappa shape index (κ2) is 9.25. The Morgan fingerprint density at radius 3 is 2.23 bits per heavy atom. The third-order valence-electron chi connectivity index (χ3n) is 4.81. The molecule has 0 radical (unpaired) electrons. The van der Waals surface area contributed by atoms with Crippen LogP contribution in [-0.4, -0.2) is 21.2 Å². The number of nitro groups is 1. The lowest BCUT2D eigenvalue weighted by Gasteiger charge is -2.10. The van der Waals surface area contributed by atoms with E-state index in [1.807, 2.05) is 44.2 Å². The molecule has 8 heteroatoms. The number of rotatable bonds is 6. The number of carbonyl (C=O) groups excluding carboxylic acids is 2. The topological polar surface area (TPSA) is 94.2 Å². The van der Waals surface area contributed by atoms with E-state index in [2.05, 4.69) is 32.5 Å². The third kappa shape index (κ3) is 5.08. The van der Waals surface area contributed by atoms with Gasteiger partial charge in [0.2, 0.25) is 0 Å². The van der Waals surface area contributed by atoms with E-state index in [4.69, 9.17) is 0 Å². The predicted molar refractivity (Wildman–Crippen MR) is 128 cm³/mol. The van der Waals surface area contributed by atoms with Gasteiger partial charge < -0.3 is 9.88 Å². The normalized spacial score (nSPS) is 11.3. The second-order valence-corrected chi connectivity index (χ2v) is 8.26. The quantitative estimate of drug-likeness (QED) is 0.118. The van der Waals surface area contributed by atoms with Crippen molar-refractivity contribution in [2.45, 2.75) is 20.8 Å². The fourth-order valence-corrected chi connectivity index (χ4v) is 3.63. The number of ketones is 1. The smallest absolute Gasteiger partial charge is 0.269 e. The zero-order chi connectivity index (χ0) is 22.7. The number of nitro benzene ring substituents is 1. The highest BCUT2D eigenvalue weighted by Crippen LogP contribution is 2.24. The number of benzene rings is 2. The molecule has 0 aliphatic heterocycles. The van der Waals surface area contributed by atoms with Crippen molar-refractivity contribution in [2.75, 3.05) is 5.32 Å². The average molecular weight is 529 g/mol. The van der Waals surface area contributed by atoms with Gasteiger partial charge in [0.05, 0.1) is 10.5 Å². The van der Waals surface area contributed by atoms with Gasteiger partial charge in [-0.25, -0.2) is 0 Å². The van der Waals surface area contributed by atoms with Gasteiger partial charge in [0.15, 0.2) is 5.78 Å². The summed E-state index contributed by atoms with van der Waals surface area (Å²) in [7, 11) is 0. The van der Waals surface area contributed by atoms with Gasteiger partial charge in [0, 0.05) is 38.5 Å². The number of aromatic nitrogens is 1. The molecule has 0 bridgehead atoms. The number of Topliss-reactive ketones (excluding diaryl/α,β-unsaturated/α-hetero) is 1. The van der Waals surface area contributed by atoms with Crippen LogP contribution in [0.1, 0.15) is 23.9 Å². The Hall–Kier alpha value is -3.27. The van der Waals surface area contributed by atoms with E-state index in [0.717, 1.165) is 26.2 Å². The van der Waals surface area contributed by atoms with Gasteiger partial charge in [-0.05, 0) is 97.5 Å². The molecule has 1 amide bonds. The van der Waals surface area contributed by atoms with Crippen molar-refractivity contribution >= 4 is 51.7 Å². The van der Waals surface area contributed by atoms with Gasteiger partial charge in [-0.1, -0.05) is 0 Å². The summed E-state index contributed by atoms with van der Waals surface area (Å²) in [6, 6.07) is 15.4. The summed E-state index contributed by atoms with van der Waals surface area (Å²) < 4.78 is 3.19. The Bertz CT molecular complexity index is 1190. The predicted octanol–water partition coefficient (Wildman–Crippen LogP) is 5.22. The molecule has 0 atom stereocenters. The van der Waals surface area contributed by atoms with E-state index in [1.165, 1.54) is 31.2 Å². The van der Waals surface area contributed by atoms with Crippen LogP contribution in [0.15, 0.2) is 60.2 Å². The van der Waals surface area contributed by atoms with Crippen LogP contribution in [-0.2, 0) is 9.59 Å². The number of halogens is 1. The lowest BCUT2D eigenvalue weighted by atomic mass is 10.1. The van der Waals surface area contributed by atoms with Gasteiger partial charge in [0.1, 0.15) is 0 Å². The SMILES string of the molecule is CC(=O)C(=Cc1cc(C)n(-c2ccc(I)cc2)c1C)C(=O)Nc1ccc([N+](=O)[O-])cc1. The number of carbonyl (C=O) groups is 2. The number of non-ortho nitro benzene ring substituents is 1. The molecular weight excluding hydrogens is 509 g/mol. The van der Waals surface area contributed by atoms with E-state index in [0.29, 0.717) is 5.69 Å². The number of aryl methyl sites for hydroxylation is 1. The molecule has 7 nitrogen and oxygen atoms in total. The van der Waals surface area contributed by atoms with Crippen molar-refractivity contribution in [3.05, 3.63) is 90.8 Å². The number of nitrogens with zero attached hydrogens (tertiary/aromatic N) is 2. The molecule has 0 fully saturated rings. The molecule has 1 N–H and O–H groups in total. The molecule has 0 aliphatic rings. The zero-order valence-electron chi connectivity index (χ0n) is 17.2. The molecule has 1 aromatic heterocycles. The van der Waals surface area contributed by atoms with E-state index >= 15 is 0 Å². The van der Waals surface area contributed by atoms with E-state index < -0.39 is 10.8 Å². The van der Waals surface area contributed by atoms with Crippen LogP contribution < -0.4 is 5.32 Å². The largest absolute Gasteiger partial charge is 0.322 e. The number of hydrogen-bond acceptors (Lipinski definition) is 4. The number of nitrogens with one attached hydrogen (secondary N) is 1. The molecular formula is C23H20IN3O4. The minimum atomic E-state index is -0.569. The van der Waals surface area contributed by atoms with E-state index in [-0.39, 0.29) is 17.0 Å². The minimum absolute atomic E-state index is 0.00112. The molecule has 3 aromatic rings. The van der Waals surface area contributed by atoms with Crippen LogP contribution in [0, 0.1) is 27.5 Å². The highest BCUT2D eigenvalue weighted by molar-refractivity contribution is 14.1. The Morgan fingerprint density at radius 1 is 1.06 bits per heavy atom. The average Bonchev–Trinajstić information content (AvgIpc) is 3.00. The van der Waals surface area contributed by atoms with Crippen LogP contribution in [0.4, 0.5) is 11.4 Å². The summed E-state index contributed by atoms with van der Waals surface area (Å²) in [5.41, 5.74) is 3.93. The van der Waals surface area contributed by atoms with Crippen molar-refractivity contribution in [3.8, 4) is 5.69 Å². The summed E-state index contributed by atoms with van der Waals surface area (Å²) in [5, 5.41) is 13.4. The number of hydrogen-bond donors (Lipinski definition) is 1. The fraction of sp³-hybridized carbons (Fsp3) is 0.130. The molecule has 0 saturated carbocycles. The maximum absolute atomic E-state index is 12.7. The Morgan fingerprint density at radius 2 is 1.68 bits per heavy atom. The first-order valence-electron chi connectivity index (χ1n) is 9.40. The van der Waals surface area contributed by atoms with Crippen LogP contribution in [0.25, 0.3) is 11.8 Å². The molecule has 3 rings (SSSR count). The Kier molecular flexibility index (Phi) is 6.69. The van der Waals surface area contributed by atoms with Crippen LogP contribution in [0.5, 0.6) is 0 Å². The highest BCUT2D eigenvalue weighted by Gasteiger charge is 2.18. The van der Waals surface area contributed by atoms with E-state index in [9.17, 15) is 19.7 Å². The summed E-state index contributed by atoms with van der Waals surface area (Å²) in [6.07, 6.45) is 1.58. The van der Waals surface area contributed by atoms with Crippen molar-refractivity contribution in [3.63, 3.8) is 0 Å². The molecule has 0 saturated heterocycles. The van der Waals surface area contributed by atoms with Crippen molar-refractivity contribution in [1.82, 2.24) is 4.57 Å². The highest BCUT2D eigenvalue weighted by atomic mass is 127.